The number of aromatic nitrogens is 1. The number of hydrogen-bond acceptors (Lipinski definition) is 3. The van der Waals surface area contributed by atoms with E-state index in [9.17, 15) is 21.6 Å². The van der Waals surface area contributed by atoms with E-state index in [1.807, 2.05) is 0 Å². The smallest absolute Gasteiger partial charge is 0.249 e. The van der Waals surface area contributed by atoms with Gasteiger partial charge < -0.3 is 10.3 Å². The van der Waals surface area contributed by atoms with E-state index in [4.69, 9.17) is 0 Å². The van der Waals surface area contributed by atoms with Crippen LogP contribution < -0.4 is 5.32 Å². The lowest BCUT2D eigenvalue weighted by atomic mass is 10.0. The molecule has 1 saturated heterocycles. The first kappa shape index (κ1) is 18.0. The number of sulfonamides is 1. The van der Waals surface area contributed by atoms with Crippen molar-refractivity contribution in [1.82, 2.24) is 14.6 Å². The van der Waals surface area contributed by atoms with Crippen molar-refractivity contribution in [1.29, 1.82) is 0 Å². The van der Waals surface area contributed by atoms with Gasteiger partial charge in [0.05, 0.1) is 0 Å². The zero-order valence-electron chi connectivity index (χ0n) is 14.1. The number of piperazine rings is 1. The number of nitrogens with zero attached hydrogens (tertiary/aromatic N) is 1. The highest BCUT2D eigenvalue weighted by Crippen LogP contribution is 2.33. The van der Waals surface area contributed by atoms with E-state index in [0.717, 1.165) is 16.4 Å². The molecule has 0 radical (unpaired) electrons. The summed E-state index contributed by atoms with van der Waals surface area (Å²) in [6, 6.07) is 6.00. The van der Waals surface area contributed by atoms with Gasteiger partial charge in [-0.15, -0.1) is 0 Å². The first-order valence-electron chi connectivity index (χ1n) is 8.35. The van der Waals surface area contributed by atoms with E-state index < -0.39 is 32.4 Å². The molecular formula is C18H16F3N3O2S. The maximum atomic E-state index is 14.7. The molecule has 0 atom stereocenters. The second-order valence-electron chi connectivity index (χ2n) is 6.32. The molecule has 27 heavy (non-hydrogen) atoms. The summed E-state index contributed by atoms with van der Waals surface area (Å²) in [6.45, 7) is 1.15. The minimum atomic E-state index is -4.27. The van der Waals surface area contributed by atoms with Crippen LogP contribution in [0.25, 0.3) is 22.0 Å². The average molecular weight is 395 g/mol. The SMILES string of the molecule is O=S(=O)(c1c(F)cc(-c2c[nH]c3cc(F)ccc23)cc1F)N1CCNCC1. The van der Waals surface area contributed by atoms with Crippen LogP contribution >= 0.6 is 0 Å². The zero-order valence-corrected chi connectivity index (χ0v) is 14.9. The van der Waals surface area contributed by atoms with Crippen molar-refractivity contribution in [3.8, 4) is 11.1 Å². The van der Waals surface area contributed by atoms with E-state index in [-0.39, 0.29) is 18.7 Å². The lowest BCUT2D eigenvalue weighted by Gasteiger charge is -2.27. The minimum Gasteiger partial charge on any atom is -0.360 e. The Bertz CT molecular complexity index is 1100. The normalized spacial score (nSPS) is 16.1. The summed E-state index contributed by atoms with van der Waals surface area (Å²) in [5, 5.41) is 3.57. The second-order valence-corrected chi connectivity index (χ2v) is 8.19. The maximum Gasteiger partial charge on any atom is 0.249 e. The van der Waals surface area contributed by atoms with Crippen molar-refractivity contribution in [2.45, 2.75) is 4.90 Å². The van der Waals surface area contributed by atoms with Gasteiger partial charge in [0.15, 0.2) is 4.90 Å². The summed E-state index contributed by atoms with van der Waals surface area (Å²) in [7, 11) is -4.27. The Kier molecular flexibility index (Phi) is 4.45. The van der Waals surface area contributed by atoms with Crippen LogP contribution in [0.5, 0.6) is 0 Å². The van der Waals surface area contributed by atoms with Gasteiger partial charge in [0.2, 0.25) is 10.0 Å². The van der Waals surface area contributed by atoms with E-state index in [1.165, 1.54) is 24.4 Å². The number of halogens is 3. The van der Waals surface area contributed by atoms with Gasteiger partial charge in [0, 0.05) is 48.8 Å². The van der Waals surface area contributed by atoms with Crippen LogP contribution in [-0.2, 0) is 10.0 Å². The van der Waals surface area contributed by atoms with Crippen LogP contribution in [0.2, 0.25) is 0 Å². The number of benzene rings is 2. The summed E-state index contributed by atoms with van der Waals surface area (Å²) >= 11 is 0. The van der Waals surface area contributed by atoms with Crippen molar-refractivity contribution >= 4 is 20.9 Å². The number of nitrogens with one attached hydrogen (secondary N) is 2. The van der Waals surface area contributed by atoms with Crippen molar-refractivity contribution in [3.05, 3.63) is 54.0 Å². The van der Waals surface area contributed by atoms with Gasteiger partial charge in [-0.3, -0.25) is 0 Å². The van der Waals surface area contributed by atoms with Crippen molar-refractivity contribution in [3.63, 3.8) is 0 Å². The average Bonchev–Trinajstić information content (AvgIpc) is 3.04. The summed E-state index contributed by atoms with van der Waals surface area (Å²) in [6.07, 6.45) is 1.50. The molecule has 0 saturated carbocycles. The Morgan fingerprint density at radius 3 is 2.30 bits per heavy atom. The fourth-order valence-electron chi connectivity index (χ4n) is 3.31. The van der Waals surface area contributed by atoms with Gasteiger partial charge in [-0.2, -0.15) is 4.31 Å². The van der Waals surface area contributed by atoms with Gasteiger partial charge >= 0.3 is 0 Å². The molecule has 3 aromatic rings. The van der Waals surface area contributed by atoms with E-state index >= 15 is 0 Å². The molecule has 0 unspecified atom stereocenters. The summed E-state index contributed by atoms with van der Waals surface area (Å²) in [4.78, 5) is 1.90. The van der Waals surface area contributed by atoms with Crippen LogP contribution in [-0.4, -0.2) is 43.9 Å². The molecule has 142 valence electrons. The molecule has 1 aromatic heterocycles. The molecule has 2 N–H and O–H groups in total. The molecule has 9 heteroatoms. The minimum absolute atomic E-state index is 0.150. The molecule has 1 aliphatic heterocycles. The maximum absolute atomic E-state index is 14.7. The Morgan fingerprint density at radius 2 is 1.63 bits per heavy atom. The Balaban J connectivity index is 1.80. The number of aromatic amines is 1. The molecule has 1 fully saturated rings. The van der Waals surface area contributed by atoms with Gasteiger partial charge in [-0.1, -0.05) is 0 Å². The van der Waals surface area contributed by atoms with Gasteiger partial charge in [0.1, 0.15) is 17.5 Å². The molecular weight excluding hydrogens is 379 g/mol. The highest BCUT2D eigenvalue weighted by Gasteiger charge is 2.32. The third-order valence-electron chi connectivity index (χ3n) is 4.63. The fraction of sp³-hybridized carbons (Fsp3) is 0.222. The standard InChI is InChI=1S/C18H16F3N3O2S/c19-12-1-2-13-14(10-23-17(13)9-12)11-7-15(20)18(16(21)8-11)27(25,26)24-5-3-22-4-6-24/h1-2,7-10,22-23H,3-6H2. The largest absolute Gasteiger partial charge is 0.360 e. The monoisotopic (exact) mass is 395 g/mol. The number of H-pyrrole nitrogens is 1. The molecule has 0 bridgehead atoms. The number of rotatable bonds is 3. The van der Waals surface area contributed by atoms with Crippen molar-refractivity contribution in [2.24, 2.45) is 0 Å². The Morgan fingerprint density at radius 1 is 0.963 bits per heavy atom. The van der Waals surface area contributed by atoms with Crippen LogP contribution in [0.4, 0.5) is 13.2 Å². The number of fused-ring (bicyclic) bond motifs is 1. The fourth-order valence-corrected chi connectivity index (χ4v) is 4.85. The van der Waals surface area contributed by atoms with Crippen LogP contribution in [0.15, 0.2) is 41.4 Å². The van der Waals surface area contributed by atoms with E-state index in [0.29, 0.717) is 29.6 Å². The summed E-state index contributed by atoms with van der Waals surface area (Å²) in [5.74, 6) is -2.74. The topological polar surface area (TPSA) is 65.2 Å². The molecule has 0 spiro atoms. The van der Waals surface area contributed by atoms with E-state index in [2.05, 4.69) is 10.3 Å². The van der Waals surface area contributed by atoms with Gasteiger partial charge in [-0.25, -0.2) is 21.6 Å². The van der Waals surface area contributed by atoms with Crippen LogP contribution in [0, 0.1) is 17.5 Å². The van der Waals surface area contributed by atoms with Gasteiger partial charge in [-0.05, 0) is 35.9 Å². The van der Waals surface area contributed by atoms with Gasteiger partial charge in [0.25, 0.3) is 0 Å². The molecule has 4 rings (SSSR count). The van der Waals surface area contributed by atoms with Crippen molar-refractivity contribution in [2.75, 3.05) is 26.2 Å². The highest BCUT2D eigenvalue weighted by molar-refractivity contribution is 7.89. The third-order valence-corrected chi connectivity index (χ3v) is 6.58. The highest BCUT2D eigenvalue weighted by atomic mass is 32.2. The predicted molar refractivity (Wildman–Crippen MR) is 95.2 cm³/mol. The number of hydrogen-bond donors (Lipinski definition) is 2. The van der Waals surface area contributed by atoms with Crippen LogP contribution in [0.1, 0.15) is 0 Å². The lowest BCUT2D eigenvalue weighted by molar-refractivity contribution is 0.355. The quantitative estimate of drug-likeness (QED) is 0.717. The molecule has 0 aliphatic carbocycles. The Hall–Kier alpha value is -2.36. The molecule has 1 aliphatic rings. The third kappa shape index (κ3) is 3.11. The summed E-state index contributed by atoms with van der Waals surface area (Å²) in [5.41, 5.74) is 1.10. The lowest BCUT2D eigenvalue weighted by Crippen LogP contribution is -2.46. The first-order valence-corrected chi connectivity index (χ1v) is 9.79. The second kappa shape index (κ2) is 6.66. The van der Waals surface area contributed by atoms with E-state index in [1.54, 1.807) is 0 Å². The Labute approximate surface area is 153 Å². The molecule has 0 amide bonds. The predicted octanol–water partition coefficient (Wildman–Crippen LogP) is 2.85. The van der Waals surface area contributed by atoms with Crippen LogP contribution in [0.3, 0.4) is 0 Å². The van der Waals surface area contributed by atoms with Crippen molar-refractivity contribution < 1.29 is 21.6 Å². The molecule has 5 nitrogen and oxygen atoms in total. The zero-order chi connectivity index (χ0) is 19.2. The summed E-state index contributed by atoms with van der Waals surface area (Å²) < 4.78 is 69.1. The molecule has 2 heterocycles. The molecule has 2 aromatic carbocycles. The first-order chi connectivity index (χ1) is 12.9.